The number of hydrogen-bond donors (Lipinski definition) is 1. The van der Waals surface area contributed by atoms with E-state index in [1.807, 2.05) is 0 Å². The number of alkyl halides is 1. The molecule has 1 aromatic rings. The molecular formula is C12H15BrN2O2S. The molecule has 98 valence electrons. The Bertz CT molecular complexity index is 550. The van der Waals surface area contributed by atoms with Gasteiger partial charge < -0.3 is 0 Å². The number of hydrazine groups is 1. The van der Waals surface area contributed by atoms with Crippen molar-refractivity contribution in [2.24, 2.45) is 5.84 Å². The fourth-order valence-corrected chi connectivity index (χ4v) is 2.26. The number of benzene rings is 1. The van der Waals surface area contributed by atoms with Crippen molar-refractivity contribution in [1.29, 1.82) is 0 Å². The largest absolute Gasteiger partial charge is 0.287 e. The van der Waals surface area contributed by atoms with E-state index >= 15 is 0 Å². The van der Waals surface area contributed by atoms with Crippen molar-refractivity contribution < 1.29 is 8.42 Å². The lowest BCUT2D eigenvalue weighted by atomic mass is 10.3. The maximum atomic E-state index is 11.3. The number of hydrogen-bond acceptors (Lipinski definition) is 4. The van der Waals surface area contributed by atoms with Gasteiger partial charge in [0.05, 0.1) is 10.6 Å². The minimum absolute atomic E-state index is 0.271. The van der Waals surface area contributed by atoms with Crippen LogP contribution in [-0.2, 0) is 9.84 Å². The van der Waals surface area contributed by atoms with Crippen LogP contribution in [0.5, 0.6) is 0 Å². The van der Waals surface area contributed by atoms with Gasteiger partial charge in [0, 0.05) is 17.8 Å². The van der Waals surface area contributed by atoms with Crippen molar-refractivity contribution in [2.45, 2.75) is 4.90 Å². The summed E-state index contributed by atoms with van der Waals surface area (Å²) in [5.74, 6) is 5.85. The van der Waals surface area contributed by atoms with Crippen molar-refractivity contribution in [3.63, 3.8) is 0 Å². The van der Waals surface area contributed by atoms with Gasteiger partial charge in [0.1, 0.15) is 0 Å². The topological polar surface area (TPSA) is 63.4 Å². The van der Waals surface area contributed by atoms with Crippen LogP contribution in [0.25, 0.3) is 0 Å². The van der Waals surface area contributed by atoms with Crippen LogP contribution >= 0.6 is 15.9 Å². The molecule has 0 spiro atoms. The van der Waals surface area contributed by atoms with E-state index in [2.05, 4.69) is 22.5 Å². The predicted octanol–water partition coefficient (Wildman–Crippen LogP) is 2.24. The monoisotopic (exact) mass is 330 g/mol. The number of anilines is 1. The number of allylic oxidation sites excluding steroid dienone is 2. The second-order valence-electron chi connectivity index (χ2n) is 3.72. The van der Waals surface area contributed by atoms with Crippen LogP contribution in [0.2, 0.25) is 0 Å². The van der Waals surface area contributed by atoms with E-state index in [1.54, 1.807) is 24.4 Å². The van der Waals surface area contributed by atoms with Crippen LogP contribution in [0.4, 0.5) is 5.69 Å². The summed E-state index contributed by atoms with van der Waals surface area (Å²) in [5.41, 5.74) is 1.62. The van der Waals surface area contributed by atoms with Gasteiger partial charge in [-0.25, -0.2) is 14.3 Å². The summed E-state index contributed by atoms with van der Waals surface area (Å²) in [6, 6.07) is 6.36. The molecule has 0 unspecified atom stereocenters. The fraction of sp³-hybridized carbons (Fsp3) is 0.167. The van der Waals surface area contributed by atoms with E-state index in [-0.39, 0.29) is 4.90 Å². The molecule has 0 fully saturated rings. The van der Waals surface area contributed by atoms with Crippen molar-refractivity contribution in [3.8, 4) is 0 Å². The van der Waals surface area contributed by atoms with Crippen molar-refractivity contribution in [1.82, 2.24) is 0 Å². The highest BCUT2D eigenvalue weighted by Gasteiger charge is 2.07. The summed E-state index contributed by atoms with van der Waals surface area (Å²) in [7, 11) is -3.18. The minimum Gasteiger partial charge on any atom is -0.287 e. The number of nitrogens with zero attached hydrogens (tertiary/aromatic N) is 1. The Morgan fingerprint density at radius 2 is 2.00 bits per heavy atom. The molecule has 0 bridgehead atoms. The van der Waals surface area contributed by atoms with Gasteiger partial charge in [-0.2, -0.15) is 0 Å². The van der Waals surface area contributed by atoms with Gasteiger partial charge in [-0.3, -0.25) is 5.01 Å². The number of rotatable bonds is 5. The second kappa shape index (κ2) is 6.17. The molecular weight excluding hydrogens is 316 g/mol. The molecule has 6 heteroatoms. The summed E-state index contributed by atoms with van der Waals surface area (Å²) in [6.07, 6.45) is 4.58. The van der Waals surface area contributed by atoms with Gasteiger partial charge in [0.15, 0.2) is 9.84 Å². The van der Waals surface area contributed by atoms with Gasteiger partial charge in [-0.15, -0.1) is 0 Å². The van der Waals surface area contributed by atoms with E-state index in [9.17, 15) is 8.42 Å². The summed E-state index contributed by atoms with van der Waals surface area (Å²) < 4.78 is 22.6. The maximum Gasteiger partial charge on any atom is 0.175 e. The Labute approximate surface area is 116 Å². The fourth-order valence-electron chi connectivity index (χ4n) is 1.26. The van der Waals surface area contributed by atoms with E-state index < -0.39 is 9.84 Å². The molecule has 0 aliphatic carbocycles. The van der Waals surface area contributed by atoms with Crippen molar-refractivity contribution in [3.05, 3.63) is 48.7 Å². The van der Waals surface area contributed by atoms with Gasteiger partial charge in [0.2, 0.25) is 0 Å². The van der Waals surface area contributed by atoms with Gasteiger partial charge in [-0.1, -0.05) is 28.6 Å². The Morgan fingerprint density at radius 1 is 1.44 bits per heavy atom. The smallest absolute Gasteiger partial charge is 0.175 e. The number of nitrogens with two attached hydrogens (primary N) is 1. The van der Waals surface area contributed by atoms with E-state index in [4.69, 9.17) is 5.84 Å². The third-order valence-corrected chi connectivity index (χ3v) is 4.06. The molecule has 0 aliphatic rings. The predicted molar refractivity (Wildman–Crippen MR) is 78.3 cm³/mol. The lowest BCUT2D eigenvalue weighted by Gasteiger charge is -2.15. The number of halogens is 1. The second-order valence-corrected chi connectivity index (χ2v) is 6.29. The SMILES string of the molecule is C=C/C(=C\N(N)c1ccc(S(C)(=O)=O)cc1)CBr. The van der Waals surface area contributed by atoms with E-state index in [0.717, 1.165) is 5.57 Å². The van der Waals surface area contributed by atoms with Crippen molar-refractivity contribution >= 4 is 31.5 Å². The van der Waals surface area contributed by atoms with Crippen molar-refractivity contribution in [2.75, 3.05) is 16.6 Å². The summed E-state index contributed by atoms with van der Waals surface area (Å²) in [5, 5.41) is 2.07. The first-order valence-corrected chi connectivity index (χ1v) is 8.13. The van der Waals surface area contributed by atoms with Crippen LogP contribution in [0, 0.1) is 0 Å². The molecule has 4 nitrogen and oxygen atoms in total. The first kappa shape index (κ1) is 14.9. The molecule has 0 saturated heterocycles. The molecule has 2 N–H and O–H groups in total. The van der Waals surface area contributed by atoms with Gasteiger partial charge >= 0.3 is 0 Å². The lowest BCUT2D eigenvalue weighted by molar-refractivity contribution is 0.602. The quantitative estimate of drug-likeness (QED) is 0.389. The Hall–Kier alpha value is -1.11. The van der Waals surface area contributed by atoms with Gasteiger partial charge in [0.25, 0.3) is 0 Å². The Morgan fingerprint density at radius 3 is 2.39 bits per heavy atom. The van der Waals surface area contributed by atoms with Gasteiger partial charge in [-0.05, 0) is 29.8 Å². The molecule has 0 amide bonds. The Kier molecular flexibility index (Phi) is 5.13. The first-order chi connectivity index (χ1) is 8.38. The standard InChI is InChI=1S/C12H15BrN2O2S/c1-3-10(8-13)9-15(14)11-4-6-12(7-5-11)18(2,16)17/h3-7,9H,1,8,14H2,2H3/b10-9+. The van der Waals surface area contributed by atoms with Crippen LogP contribution in [0.15, 0.2) is 53.6 Å². The highest BCUT2D eigenvalue weighted by molar-refractivity contribution is 9.09. The maximum absolute atomic E-state index is 11.3. The summed E-state index contributed by atoms with van der Waals surface area (Å²) in [4.78, 5) is 0.271. The summed E-state index contributed by atoms with van der Waals surface area (Å²) in [6.45, 7) is 3.67. The zero-order valence-electron chi connectivity index (χ0n) is 10.0. The van der Waals surface area contributed by atoms with E-state index in [1.165, 1.54) is 23.4 Å². The highest BCUT2D eigenvalue weighted by Crippen LogP contribution is 2.17. The molecule has 0 aliphatic heterocycles. The molecule has 0 radical (unpaired) electrons. The zero-order valence-corrected chi connectivity index (χ0v) is 12.4. The van der Waals surface area contributed by atoms with Crippen LogP contribution < -0.4 is 10.9 Å². The number of sulfone groups is 1. The average molecular weight is 331 g/mol. The normalized spacial score (nSPS) is 12.3. The van der Waals surface area contributed by atoms with E-state index in [0.29, 0.717) is 11.0 Å². The summed E-state index contributed by atoms with van der Waals surface area (Å²) >= 11 is 3.31. The molecule has 0 heterocycles. The third-order valence-electron chi connectivity index (χ3n) is 2.28. The molecule has 1 rings (SSSR count). The molecule has 0 saturated carbocycles. The first-order valence-electron chi connectivity index (χ1n) is 5.11. The molecule has 18 heavy (non-hydrogen) atoms. The molecule has 0 aromatic heterocycles. The molecule has 1 aromatic carbocycles. The minimum atomic E-state index is -3.18. The van der Waals surface area contributed by atoms with Crippen LogP contribution in [0.3, 0.4) is 0 Å². The average Bonchev–Trinajstić information content (AvgIpc) is 2.34. The third kappa shape index (κ3) is 3.97. The Balaban J connectivity index is 2.99. The lowest BCUT2D eigenvalue weighted by Crippen LogP contribution is -2.24. The molecule has 0 atom stereocenters. The van der Waals surface area contributed by atoms with Crippen LogP contribution in [-0.4, -0.2) is 20.0 Å². The van der Waals surface area contributed by atoms with Crippen LogP contribution in [0.1, 0.15) is 0 Å². The highest BCUT2D eigenvalue weighted by atomic mass is 79.9. The zero-order chi connectivity index (χ0) is 13.8.